The molecule has 3 aromatic rings. The van der Waals surface area contributed by atoms with Gasteiger partial charge in [-0.3, -0.25) is 9.36 Å². The molecule has 0 saturated heterocycles. The molecular weight excluding hydrogens is 419 g/mol. The van der Waals surface area contributed by atoms with Crippen LogP contribution in [0.5, 0.6) is 17.2 Å². The van der Waals surface area contributed by atoms with Gasteiger partial charge in [0.1, 0.15) is 23.1 Å². The molecule has 0 fully saturated rings. The summed E-state index contributed by atoms with van der Waals surface area (Å²) in [6, 6.07) is 13.8. The van der Waals surface area contributed by atoms with E-state index in [2.05, 4.69) is 10.3 Å². The third-order valence-electron chi connectivity index (χ3n) is 4.08. The van der Waals surface area contributed by atoms with Gasteiger partial charge in [-0.1, -0.05) is 6.07 Å². The third-order valence-corrected chi connectivity index (χ3v) is 5.05. The highest BCUT2D eigenvalue weighted by Crippen LogP contribution is 2.34. The normalized spacial score (nSPS) is 11.3. The van der Waals surface area contributed by atoms with Crippen LogP contribution in [0.3, 0.4) is 0 Å². The first-order valence-electron chi connectivity index (χ1n) is 9.50. The number of benzene rings is 2. The van der Waals surface area contributed by atoms with Gasteiger partial charge < -0.3 is 24.6 Å². The molecule has 3 N–H and O–H groups in total. The van der Waals surface area contributed by atoms with Crippen molar-refractivity contribution in [1.82, 2.24) is 4.98 Å². The lowest BCUT2D eigenvalue weighted by Crippen LogP contribution is -2.14. The maximum Gasteiger partial charge on any atom is 0.356 e. The molecular formula is C22H23N2O6P. The largest absolute Gasteiger partial charge is 0.491 e. The number of amides is 1. The fourth-order valence-electron chi connectivity index (χ4n) is 2.68. The number of anilines is 1. The van der Waals surface area contributed by atoms with Crippen LogP contribution >= 0.6 is 7.60 Å². The Morgan fingerprint density at radius 3 is 2.26 bits per heavy atom. The summed E-state index contributed by atoms with van der Waals surface area (Å²) in [7, 11) is -4.34. The van der Waals surface area contributed by atoms with E-state index >= 15 is 0 Å². The highest BCUT2D eigenvalue weighted by atomic mass is 31.2. The number of nitrogens with zero attached hydrogens (tertiary/aromatic N) is 1. The van der Waals surface area contributed by atoms with E-state index in [1.165, 1.54) is 24.3 Å². The summed E-state index contributed by atoms with van der Waals surface area (Å²) >= 11 is 0. The quantitative estimate of drug-likeness (QED) is 0.473. The van der Waals surface area contributed by atoms with Gasteiger partial charge in [0.15, 0.2) is 0 Å². The van der Waals surface area contributed by atoms with Crippen molar-refractivity contribution in [2.75, 3.05) is 5.32 Å². The number of aromatic nitrogens is 1. The number of nitrogens with one attached hydrogen (secondary N) is 1. The number of hydrogen-bond acceptors (Lipinski definition) is 5. The summed E-state index contributed by atoms with van der Waals surface area (Å²) in [6.07, 6.45) is 1.54. The van der Waals surface area contributed by atoms with Gasteiger partial charge in [-0.05, 0) is 68.8 Å². The molecule has 0 aliphatic heterocycles. The van der Waals surface area contributed by atoms with Crippen LogP contribution in [0.4, 0.5) is 5.82 Å². The maximum absolute atomic E-state index is 12.7. The molecule has 0 aliphatic rings. The van der Waals surface area contributed by atoms with E-state index in [1.54, 1.807) is 30.5 Å². The Hall–Kier alpha value is -3.19. The zero-order chi connectivity index (χ0) is 22.6. The zero-order valence-corrected chi connectivity index (χ0v) is 18.2. The number of carbonyl (C=O) groups is 1. The number of aryl methyl sites for hydroxylation is 1. The van der Waals surface area contributed by atoms with Crippen molar-refractivity contribution in [3.63, 3.8) is 0 Å². The number of carbonyl (C=O) groups excluding carboxylic acids is 1. The summed E-state index contributed by atoms with van der Waals surface area (Å²) in [5, 5.41) is 2.62. The first-order chi connectivity index (χ1) is 14.6. The van der Waals surface area contributed by atoms with E-state index in [4.69, 9.17) is 9.47 Å². The van der Waals surface area contributed by atoms with E-state index in [9.17, 15) is 19.1 Å². The molecule has 0 aliphatic carbocycles. The van der Waals surface area contributed by atoms with Crippen molar-refractivity contribution >= 4 is 24.6 Å². The molecule has 0 saturated carbocycles. The van der Waals surface area contributed by atoms with Crippen LogP contribution in [-0.2, 0) is 4.57 Å². The second-order valence-electron chi connectivity index (χ2n) is 7.17. The van der Waals surface area contributed by atoms with Gasteiger partial charge in [-0.25, -0.2) is 4.98 Å². The van der Waals surface area contributed by atoms with Gasteiger partial charge in [0, 0.05) is 17.8 Å². The molecule has 0 spiro atoms. The standard InChI is InChI=1S/C22H23N2O6P/c1-14(2)29-18-10-16(22(25)24-21-9-4-15(3)13-23-21)11-19(12-18)30-17-5-7-20(8-6-17)31(26,27)28/h4-14H,1-3H3,(H,23,24,25)(H2,26,27,28). The van der Waals surface area contributed by atoms with Crippen LogP contribution in [0.25, 0.3) is 0 Å². The van der Waals surface area contributed by atoms with Crippen molar-refractivity contribution in [1.29, 1.82) is 0 Å². The van der Waals surface area contributed by atoms with Crippen molar-refractivity contribution in [2.45, 2.75) is 26.9 Å². The number of ether oxygens (including phenoxy) is 2. The van der Waals surface area contributed by atoms with E-state index < -0.39 is 7.60 Å². The average Bonchev–Trinajstić information content (AvgIpc) is 2.69. The first-order valence-corrected chi connectivity index (χ1v) is 11.1. The Morgan fingerprint density at radius 2 is 1.68 bits per heavy atom. The Morgan fingerprint density at radius 1 is 1.00 bits per heavy atom. The van der Waals surface area contributed by atoms with Gasteiger partial charge in [0.2, 0.25) is 0 Å². The Labute approximate surface area is 180 Å². The molecule has 0 radical (unpaired) electrons. The topological polar surface area (TPSA) is 118 Å². The van der Waals surface area contributed by atoms with Crippen molar-refractivity contribution < 1.29 is 28.6 Å². The maximum atomic E-state index is 12.7. The summed E-state index contributed by atoms with van der Waals surface area (Å²) in [6.45, 7) is 5.63. The van der Waals surface area contributed by atoms with Gasteiger partial charge in [-0.2, -0.15) is 0 Å². The van der Waals surface area contributed by atoms with E-state index in [0.717, 1.165) is 5.56 Å². The van der Waals surface area contributed by atoms with E-state index in [-0.39, 0.29) is 17.3 Å². The molecule has 0 unspecified atom stereocenters. The molecule has 1 aromatic heterocycles. The highest BCUT2D eigenvalue weighted by molar-refractivity contribution is 7.60. The Balaban J connectivity index is 1.86. The number of rotatable bonds is 7. The summed E-state index contributed by atoms with van der Waals surface area (Å²) < 4.78 is 22.9. The Bertz CT molecular complexity index is 1110. The van der Waals surface area contributed by atoms with Crippen LogP contribution in [0.2, 0.25) is 0 Å². The van der Waals surface area contributed by atoms with Crippen molar-refractivity contribution in [3.05, 3.63) is 71.9 Å². The van der Waals surface area contributed by atoms with Crippen LogP contribution in [0, 0.1) is 6.92 Å². The van der Waals surface area contributed by atoms with Gasteiger partial charge in [0.25, 0.3) is 5.91 Å². The molecule has 8 nitrogen and oxygen atoms in total. The van der Waals surface area contributed by atoms with Crippen LogP contribution in [-0.4, -0.2) is 26.8 Å². The van der Waals surface area contributed by atoms with Crippen LogP contribution < -0.4 is 20.1 Å². The second kappa shape index (κ2) is 9.31. The fraction of sp³-hybridized carbons (Fsp3) is 0.182. The lowest BCUT2D eigenvalue weighted by molar-refractivity contribution is 0.102. The second-order valence-corrected chi connectivity index (χ2v) is 8.78. The smallest absolute Gasteiger partial charge is 0.356 e. The minimum absolute atomic E-state index is 0.109. The summed E-state index contributed by atoms with van der Waals surface area (Å²) in [4.78, 5) is 35.4. The molecule has 3 rings (SSSR count). The molecule has 1 heterocycles. The molecule has 2 aromatic carbocycles. The van der Waals surface area contributed by atoms with Gasteiger partial charge >= 0.3 is 7.60 Å². The highest BCUT2D eigenvalue weighted by Gasteiger charge is 2.17. The minimum atomic E-state index is -4.34. The zero-order valence-electron chi connectivity index (χ0n) is 17.3. The Kier molecular flexibility index (Phi) is 6.75. The van der Waals surface area contributed by atoms with Crippen LogP contribution in [0.1, 0.15) is 29.8 Å². The summed E-state index contributed by atoms with van der Waals surface area (Å²) in [5.41, 5.74) is 1.29. The molecule has 0 bridgehead atoms. The van der Waals surface area contributed by atoms with Gasteiger partial charge in [-0.15, -0.1) is 0 Å². The third kappa shape index (κ3) is 6.39. The molecule has 1 amide bonds. The molecule has 162 valence electrons. The molecule has 31 heavy (non-hydrogen) atoms. The predicted octanol–water partition coefficient (Wildman–Crippen LogP) is 4.02. The first kappa shape index (κ1) is 22.5. The minimum Gasteiger partial charge on any atom is -0.491 e. The molecule has 0 atom stereocenters. The lowest BCUT2D eigenvalue weighted by atomic mass is 10.2. The van der Waals surface area contributed by atoms with Gasteiger partial charge in [0.05, 0.1) is 11.4 Å². The lowest BCUT2D eigenvalue weighted by Gasteiger charge is -2.14. The average molecular weight is 442 g/mol. The number of pyridine rings is 1. The monoisotopic (exact) mass is 442 g/mol. The number of hydrogen-bond donors (Lipinski definition) is 3. The summed E-state index contributed by atoms with van der Waals surface area (Å²) in [5.74, 6) is 1.17. The van der Waals surface area contributed by atoms with Crippen molar-refractivity contribution in [2.24, 2.45) is 0 Å². The molecule has 9 heteroatoms. The van der Waals surface area contributed by atoms with E-state index in [1.807, 2.05) is 26.8 Å². The van der Waals surface area contributed by atoms with Crippen molar-refractivity contribution in [3.8, 4) is 17.2 Å². The van der Waals surface area contributed by atoms with Crippen LogP contribution in [0.15, 0.2) is 60.8 Å². The fourth-order valence-corrected chi connectivity index (χ4v) is 3.21. The SMILES string of the molecule is Cc1ccc(NC(=O)c2cc(Oc3ccc(P(=O)(O)O)cc3)cc(OC(C)C)c2)nc1. The predicted molar refractivity (Wildman–Crippen MR) is 117 cm³/mol. The van der Waals surface area contributed by atoms with E-state index in [0.29, 0.717) is 28.6 Å².